The maximum atomic E-state index is 11.7. The molecular weight excluding hydrogens is 202 g/mol. The van der Waals surface area contributed by atoms with E-state index < -0.39 is 6.61 Å². The second kappa shape index (κ2) is 4.01. The highest BCUT2D eigenvalue weighted by atomic mass is 35.5. The number of aromatic nitrogens is 1. The minimum absolute atomic E-state index is 0.101. The second-order valence-electron chi connectivity index (χ2n) is 1.97. The molecule has 13 heavy (non-hydrogen) atoms. The molecular formula is C7H3ClF2N2O. The average molecular weight is 205 g/mol. The van der Waals surface area contributed by atoms with Gasteiger partial charge in [0.05, 0.1) is 5.02 Å². The summed E-state index contributed by atoms with van der Waals surface area (Å²) >= 11 is 5.50. The fourth-order valence-electron chi connectivity index (χ4n) is 0.660. The third kappa shape index (κ3) is 2.53. The van der Waals surface area contributed by atoms with Crippen LogP contribution in [-0.4, -0.2) is 11.6 Å². The van der Waals surface area contributed by atoms with Crippen LogP contribution in [0.15, 0.2) is 12.1 Å². The molecule has 0 unspecified atom stereocenters. The summed E-state index contributed by atoms with van der Waals surface area (Å²) in [6, 6.07) is 4.07. The molecule has 0 spiro atoms. The Balaban J connectivity index is 2.95. The van der Waals surface area contributed by atoms with Crippen molar-refractivity contribution in [3.05, 3.63) is 22.8 Å². The maximum absolute atomic E-state index is 11.7. The minimum Gasteiger partial charge on any atom is -0.417 e. The van der Waals surface area contributed by atoms with Gasteiger partial charge in [-0.25, -0.2) is 4.98 Å². The van der Waals surface area contributed by atoms with Crippen LogP contribution in [0.2, 0.25) is 5.02 Å². The highest BCUT2D eigenvalue weighted by Gasteiger charge is 2.08. The number of ether oxygens (including phenoxy) is 1. The Morgan fingerprint density at radius 1 is 1.54 bits per heavy atom. The molecule has 0 aromatic carbocycles. The summed E-state index contributed by atoms with van der Waals surface area (Å²) in [5.41, 5.74) is -0.139. The zero-order chi connectivity index (χ0) is 9.84. The number of hydrogen-bond donors (Lipinski definition) is 0. The van der Waals surface area contributed by atoms with E-state index in [9.17, 15) is 8.78 Å². The smallest absolute Gasteiger partial charge is 0.388 e. The first-order valence-electron chi connectivity index (χ1n) is 3.15. The van der Waals surface area contributed by atoms with Crippen molar-refractivity contribution in [3.63, 3.8) is 0 Å². The van der Waals surface area contributed by atoms with Gasteiger partial charge in [-0.3, -0.25) is 0 Å². The van der Waals surface area contributed by atoms with Crippen molar-refractivity contribution >= 4 is 11.6 Å². The molecule has 68 valence electrons. The lowest BCUT2D eigenvalue weighted by molar-refractivity contribution is -0.0528. The maximum Gasteiger partial charge on any atom is 0.388 e. The summed E-state index contributed by atoms with van der Waals surface area (Å²) in [5, 5.41) is 8.54. The molecule has 0 aliphatic rings. The van der Waals surface area contributed by atoms with Crippen molar-refractivity contribution < 1.29 is 13.5 Å². The van der Waals surface area contributed by atoms with Crippen molar-refractivity contribution in [2.75, 3.05) is 0 Å². The number of nitrogens with zero attached hydrogens (tertiary/aromatic N) is 2. The number of halogens is 3. The lowest BCUT2D eigenvalue weighted by Gasteiger charge is -2.02. The van der Waals surface area contributed by atoms with Gasteiger partial charge >= 0.3 is 6.61 Å². The van der Waals surface area contributed by atoms with E-state index in [1.807, 2.05) is 0 Å². The fraction of sp³-hybridized carbons (Fsp3) is 0.143. The molecule has 0 saturated carbocycles. The number of rotatable bonds is 2. The Hall–Kier alpha value is -1.41. The van der Waals surface area contributed by atoms with E-state index in [2.05, 4.69) is 9.72 Å². The number of hydrogen-bond acceptors (Lipinski definition) is 3. The van der Waals surface area contributed by atoms with Crippen LogP contribution in [0.5, 0.6) is 5.88 Å². The molecule has 0 aliphatic carbocycles. The van der Waals surface area contributed by atoms with Gasteiger partial charge in [-0.2, -0.15) is 14.0 Å². The van der Waals surface area contributed by atoms with Crippen LogP contribution >= 0.6 is 11.6 Å². The van der Waals surface area contributed by atoms with Crippen LogP contribution in [0.4, 0.5) is 8.78 Å². The number of pyridine rings is 1. The van der Waals surface area contributed by atoms with Crippen LogP contribution in [0, 0.1) is 11.3 Å². The third-order valence-electron chi connectivity index (χ3n) is 1.14. The molecule has 0 saturated heterocycles. The molecule has 0 fully saturated rings. The van der Waals surface area contributed by atoms with Gasteiger partial charge in [-0.1, -0.05) is 11.6 Å². The van der Waals surface area contributed by atoms with E-state index in [0.29, 0.717) is 0 Å². The van der Waals surface area contributed by atoms with Crippen LogP contribution in [-0.2, 0) is 0 Å². The standard InChI is InChI=1S/C7H3ClF2N2O/c8-4-1-2-6(13-7(9)10)12-5(4)3-11/h1-2,7H. The molecule has 0 atom stereocenters. The highest BCUT2D eigenvalue weighted by molar-refractivity contribution is 6.31. The Morgan fingerprint density at radius 3 is 2.77 bits per heavy atom. The van der Waals surface area contributed by atoms with Gasteiger partial charge in [0.15, 0.2) is 5.69 Å². The van der Waals surface area contributed by atoms with Gasteiger partial charge < -0.3 is 4.74 Å². The zero-order valence-corrected chi connectivity index (χ0v) is 6.92. The molecule has 0 amide bonds. The molecule has 0 radical (unpaired) electrons. The Morgan fingerprint density at radius 2 is 2.23 bits per heavy atom. The highest BCUT2D eigenvalue weighted by Crippen LogP contribution is 2.18. The van der Waals surface area contributed by atoms with Gasteiger partial charge in [0.1, 0.15) is 6.07 Å². The van der Waals surface area contributed by atoms with Crippen LogP contribution < -0.4 is 4.74 Å². The minimum atomic E-state index is -2.96. The summed E-state index contributed by atoms with van der Waals surface area (Å²) in [6.07, 6.45) is 0. The molecule has 0 bridgehead atoms. The molecule has 6 heteroatoms. The molecule has 1 aromatic heterocycles. The predicted molar refractivity (Wildman–Crippen MR) is 40.6 cm³/mol. The molecule has 1 rings (SSSR count). The summed E-state index contributed by atoms with van der Waals surface area (Å²) < 4.78 is 27.3. The largest absolute Gasteiger partial charge is 0.417 e. The lowest BCUT2D eigenvalue weighted by atomic mass is 10.4. The molecule has 1 aromatic rings. The first-order chi connectivity index (χ1) is 6.13. The van der Waals surface area contributed by atoms with Gasteiger partial charge in [-0.05, 0) is 6.07 Å². The van der Waals surface area contributed by atoms with E-state index in [1.54, 1.807) is 6.07 Å². The van der Waals surface area contributed by atoms with Crippen molar-refractivity contribution in [3.8, 4) is 11.9 Å². The summed E-state index contributed by atoms with van der Waals surface area (Å²) in [6.45, 7) is -2.96. The Labute approximate surface area is 77.5 Å². The van der Waals surface area contributed by atoms with Crippen molar-refractivity contribution in [1.82, 2.24) is 4.98 Å². The molecule has 0 aliphatic heterocycles. The number of nitriles is 1. The van der Waals surface area contributed by atoms with Crippen molar-refractivity contribution in [2.24, 2.45) is 0 Å². The fourth-order valence-corrected chi connectivity index (χ4v) is 0.807. The van der Waals surface area contributed by atoms with Crippen LogP contribution in [0.1, 0.15) is 5.69 Å². The zero-order valence-electron chi connectivity index (χ0n) is 6.17. The first-order valence-corrected chi connectivity index (χ1v) is 3.52. The second-order valence-corrected chi connectivity index (χ2v) is 2.38. The SMILES string of the molecule is N#Cc1nc(OC(F)F)ccc1Cl. The summed E-state index contributed by atoms with van der Waals surface area (Å²) in [5.74, 6) is -0.323. The van der Waals surface area contributed by atoms with Crippen LogP contribution in [0.3, 0.4) is 0 Å². The van der Waals surface area contributed by atoms with E-state index in [0.717, 1.165) is 6.07 Å². The van der Waals surface area contributed by atoms with E-state index in [1.165, 1.54) is 6.07 Å². The van der Waals surface area contributed by atoms with Gasteiger partial charge in [0.2, 0.25) is 5.88 Å². The molecule has 1 heterocycles. The molecule has 3 nitrogen and oxygen atoms in total. The van der Waals surface area contributed by atoms with Crippen molar-refractivity contribution in [2.45, 2.75) is 6.61 Å². The van der Waals surface area contributed by atoms with Crippen LogP contribution in [0.25, 0.3) is 0 Å². The van der Waals surface area contributed by atoms with Gasteiger partial charge in [-0.15, -0.1) is 0 Å². The summed E-state index contributed by atoms with van der Waals surface area (Å²) in [4.78, 5) is 3.44. The lowest BCUT2D eigenvalue weighted by Crippen LogP contribution is -2.04. The third-order valence-corrected chi connectivity index (χ3v) is 1.44. The Kier molecular flexibility index (Phi) is 2.98. The predicted octanol–water partition coefficient (Wildman–Crippen LogP) is 2.21. The first kappa shape index (κ1) is 9.68. The van der Waals surface area contributed by atoms with E-state index >= 15 is 0 Å². The summed E-state index contributed by atoms with van der Waals surface area (Å²) in [7, 11) is 0. The monoisotopic (exact) mass is 204 g/mol. The van der Waals surface area contributed by atoms with Crippen molar-refractivity contribution in [1.29, 1.82) is 5.26 Å². The van der Waals surface area contributed by atoms with E-state index in [4.69, 9.17) is 16.9 Å². The average Bonchev–Trinajstić information content (AvgIpc) is 2.07. The number of alkyl halides is 2. The topological polar surface area (TPSA) is 45.9 Å². The Bertz CT molecular complexity index is 351. The normalized spacial score (nSPS) is 9.77. The quantitative estimate of drug-likeness (QED) is 0.742. The van der Waals surface area contributed by atoms with E-state index in [-0.39, 0.29) is 16.6 Å². The van der Waals surface area contributed by atoms with Gasteiger partial charge in [0.25, 0.3) is 0 Å². The van der Waals surface area contributed by atoms with Gasteiger partial charge in [0, 0.05) is 6.07 Å². The molecule has 0 N–H and O–H groups in total.